The van der Waals surface area contributed by atoms with E-state index >= 15 is 0 Å². The van der Waals surface area contributed by atoms with E-state index in [2.05, 4.69) is 41.3 Å². The van der Waals surface area contributed by atoms with E-state index in [0.29, 0.717) is 12.2 Å². The standard InChI is InChI=1S/C29H35NO3.ClH/c31-29-27-11-5-4-10-25(27)26-13-12-24(21-28(26)33-29)32-19-7-6-16-30-17-14-23(15-18-30)20-22-8-2-1-3-9-22;/h1-3,8-9,12-13,21,23H,4-7,10-11,14-20H2;1H. The van der Waals surface area contributed by atoms with Gasteiger partial charge in [-0.25, -0.2) is 4.79 Å². The van der Waals surface area contributed by atoms with Gasteiger partial charge in [0.15, 0.2) is 0 Å². The highest BCUT2D eigenvalue weighted by Gasteiger charge is 2.20. The van der Waals surface area contributed by atoms with Gasteiger partial charge in [-0.1, -0.05) is 30.3 Å². The number of nitrogens with zero attached hydrogens (tertiary/aromatic N) is 1. The molecule has 0 radical (unpaired) electrons. The summed E-state index contributed by atoms with van der Waals surface area (Å²) in [6, 6.07) is 16.9. The Morgan fingerprint density at radius 1 is 0.941 bits per heavy atom. The predicted molar refractivity (Wildman–Crippen MR) is 140 cm³/mol. The summed E-state index contributed by atoms with van der Waals surface area (Å²) < 4.78 is 11.6. The summed E-state index contributed by atoms with van der Waals surface area (Å²) in [5, 5.41) is 1.08. The molecule has 0 amide bonds. The summed E-state index contributed by atoms with van der Waals surface area (Å²) in [5.41, 5.74) is 4.04. The van der Waals surface area contributed by atoms with E-state index in [0.717, 1.165) is 67.7 Å². The molecule has 0 N–H and O–H groups in total. The molecule has 0 unspecified atom stereocenters. The molecule has 0 bridgehead atoms. The average Bonchev–Trinajstić information content (AvgIpc) is 2.85. The van der Waals surface area contributed by atoms with E-state index in [9.17, 15) is 4.79 Å². The quantitative estimate of drug-likeness (QED) is 0.283. The van der Waals surface area contributed by atoms with Gasteiger partial charge in [0.25, 0.3) is 0 Å². The molecule has 2 heterocycles. The summed E-state index contributed by atoms with van der Waals surface area (Å²) in [7, 11) is 0. The molecule has 0 saturated carbocycles. The molecule has 3 aromatic rings. The van der Waals surface area contributed by atoms with Crippen molar-refractivity contribution in [3.05, 3.63) is 75.6 Å². The maximum Gasteiger partial charge on any atom is 0.339 e. The number of halogens is 1. The molecule has 2 aliphatic rings. The second-order valence-corrected chi connectivity index (χ2v) is 9.74. The molecule has 1 aliphatic carbocycles. The van der Waals surface area contributed by atoms with Crippen molar-refractivity contribution in [2.45, 2.75) is 57.8 Å². The third-order valence-electron chi connectivity index (χ3n) is 7.41. The second-order valence-electron chi connectivity index (χ2n) is 9.74. The first-order chi connectivity index (χ1) is 16.3. The van der Waals surface area contributed by atoms with Crippen molar-refractivity contribution in [3.63, 3.8) is 0 Å². The van der Waals surface area contributed by atoms with Crippen LogP contribution in [0.3, 0.4) is 0 Å². The van der Waals surface area contributed by atoms with Crippen LogP contribution in [0.4, 0.5) is 0 Å². The summed E-state index contributed by atoms with van der Waals surface area (Å²) in [6.45, 7) is 4.28. The number of likely N-dealkylation sites (tertiary alicyclic amines) is 1. The normalized spacial score (nSPS) is 16.7. The van der Waals surface area contributed by atoms with Gasteiger partial charge >= 0.3 is 5.63 Å². The van der Waals surface area contributed by atoms with Gasteiger partial charge in [-0.3, -0.25) is 0 Å². The number of piperidine rings is 1. The van der Waals surface area contributed by atoms with Crippen molar-refractivity contribution in [1.29, 1.82) is 0 Å². The van der Waals surface area contributed by atoms with Crippen LogP contribution in [0.2, 0.25) is 0 Å². The van der Waals surface area contributed by atoms with Gasteiger partial charge in [-0.2, -0.15) is 0 Å². The zero-order valence-corrected chi connectivity index (χ0v) is 20.8. The minimum atomic E-state index is -0.165. The third kappa shape index (κ3) is 6.03. The van der Waals surface area contributed by atoms with Crippen molar-refractivity contribution in [2.24, 2.45) is 5.92 Å². The van der Waals surface area contributed by atoms with Gasteiger partial charge in [0.05, 0.1) is 6.61 Å². The maximum atomic E-state index is 12.3. The van der Waals surface area contributed by atoms with E-state index < -0.39 is 0 Å². The van der Waals surface area contributed by atoms with E-state index in [1.54, 1.807) is 0 Å². The van der Waals surface area contributed by atoms with E-state index in [1.807, 2.05) is 12.1 Å². The lowest BCUT2D eigenvalue weighted by Gasteiger charge is -2.32. The highest BCUT2D eigenvalue weighted by Crippen LogP contribution is 2.29. The van der Waals surface area contributed by atoms with Gasteiger partial charge in [-0.15, -0.1) is 12.4 Å². The fourth-order valence-corrected chi connectivity index (χ4v) is 5.50. The molecule has 5 rings (SSSR count). The Morgan fingerprint density at radius 3 is 2.50 bits per heavy atom. The zero-order chi connectivity index (χ0) is 22.5. The molecule has 4 nitrogen and oxygen atoms in total. The van der Waals surface area contributed by atoms with E-state index in [4.69, 9.17) is 9.15 Å². The predicted octanol–water partition coefficient (Wildman–Crippen LogP) is 6.21. The second kappa shape index (κ2) is 11.9. The lowest BCUT2D eigenvalue weighted by Crippen LogP contribution is -2.35. The lowest BCUT2D eigenvalue weighted by molar-refractivity contribution is 0.177. The van der Waals surface area contributed by atoms with Crippen molar-refractivity contribution >= 4 is 23.4 Å². The Bertz CT molecular complexity index is 1120. The monoisotopic (exact) mass is 481 g/mol. The smallest absolute Gasteiger partial charge is 0.339 e. The van der Waals surface area contributed by atoms with Crippen LogP contribution < -0.4 is 10.4 Å². The maximum absolute atomic E-state index is 12.3. The van der Waals surface area contributed by atoms with Crippen LogP contribution in [0.15, 0.2) is 57.7 Å². The van der Waals surface area contributed by atoms with Gasteiger partial charge in [-0.05, 0) is 107 Å². The minimum absolute atomic E-state index is 0. The van der Waals surface area contributed by atoms with Crippen molar-refractivity contribution in [2.75, 3.05) is 26.2 Å². The summed E-state index contributed by atoms with van der Waals surface area (Å²) in [4.78, 5) is 14.9. The number of unbranched alkanes of at least 4 members (excludes halogenated alkanes) is 1. The zero-order valence-electron chi connectivity index (χ0n) is 20.0. The number of benzene rings is 2. The van der Waals surface area contributed by atoms with Crippen LogP contribution in [0, 0.1) is 5.92 Å². The first kappa shape index (κ1) is 24.8. The van der Waals surface area contributed by atoms with Crippen LogP contribution in [0.1, 0.15) is 55.2 Å². The highest BCUT2D eigenvalue weighted by atomic mass is 35.5. The van der Waals surface area contributed by atoms with Crippen LogP contribution >= 0.6 is 12.4 Å². The van der Waals surface area contributed by atoms with E-state index in [1.165, 1.54) is 43.5 Å². The molecule has 1 aromatic heterocycles. The fourth-order valence-electron chi connectivity index (χ4n) is 5.50. The highest BCUT2D eigenvalue weighted by molar-refractivity contribution is 5.85. The number of fused-ring (bicyclic) bond motifs is 3. The lowest BCUT2D eigenvalue weighted by atomic mass is 9.90. The van der Waals surface area contributed by atoms with E-state index in [-0.39, 0.29) is 18.0 Å². The third-order valence-corrected chi connectivity index (χ3v) is 7.41. The first-order valence-electron chi connectivity index (χ1n) is 12.7. The number of hydrogen-bond donors (Lipinski definition) is 0. The Balaban J connectivity index is 0.00000274. The van der Waals surface area contributed by atoms with Crippen LogP contribution in [-0.2, 0) is 19.3 Å². The molecule has 5 heteroatoms. The van der Waals surface area contributed by atoms with Gasteiger partial charge < -0.3 is 14.1 Å². The Hall–Kier alpha value is -2.30. The molecule has 182 valence electrons. The van der Waals surface area contributed by atoms with Gasteiger partial charge in [0.1, 0.15) is 11.3 Å². The molecule has 0 spiro atoms. The summed E-state index contributed by atoms with van der Waals surface area (Å²) >= 11 is 0. The van der Waals surface area contributed by atoms with Crippen LogP contribution in [-0.4, -0.2) is 31.1 Å². The first-order valence-corrected chi connectivity index (χ1v) is 12.7. The Kier molecular flexibility index (Phi) is 8.69. The minimum Gasteiger partial charge on any atom is -0.493 e. The largest absolute Gasteiger partial charge is 0.493 e. The van der Waals surface area contributed by atoms with Crippen molar-refractivity contribution < 1.29 is 9.15 Å². The summed E-state index contributed by atoms with van der Waals surface area (Å²) in [6.07, 6.45) is 10.1. The molecule has 1 fully saturated rings. The Morgan fingerprint density at radius 2 is 1.71 bits per heavy atom. The summed E-state index contributed by atoms with van der Waals surface area (Å²) in [5.74, 6) is 1.62. The Labute approximate surface area is 208 Å². The molecule has 34 heavy (non-hydrogen) atoms. The molecule has 0 atom stereocenters. The molecule has 2 aromatic carbocycles. The van der Waals surface area contributed by atoms with Gasteiger partial charge in [0, 0.05) is 17.0 Å². The number of rotatable bonds is 8. The van der Waals surface area contributed by atoms with Crippen molar-refractivity contribution in [1.82, 2.24) is 4.90 Å². The van der Waals surface area contributed by atoms with Crippen LogP contribution in [0.25, 0.3) is 11.0 Å². The van der Waals surface area contributed by atoms with Crippen LogP contribution in [0.5, 0.6) is 5.75 Å². The average molecular weight is 482 g/mol. The number of ether oxygens (including phenoxy) is 1. The molecule has 1 aliphatic heterocycles. The number of aryl methyl sites for hydroxylation is 1. The van der Waals surface area contributed by atoms with Crippen molar-refractivity contribution in [3.8, 4) is 5.75 Å². The molecule has 1 saturated heterocycles. The molecular weight excluding hydrogens is 446 g/mol. The topological polar surface area (TPSA) is 42.7 Å². The fraction of sp³-hybridized carbons (Fsp3) is 0.483. The molecular formula is C29H36ClNO3. The number of hydrogen-bond acceptors (Lipinski definition) is 4. The SMILES string of the molecule is Cl.O=c1oc2cc(OCCCCN3CCC(Cc4ccccc4)CC3)ccc2c2c1CCCC2. The van der Waals surface area contributed by atoms with Gasteiger partial charge in [0.2, 0.25) is 0 Å².